The summed E-state index contributed by atoms with van der Waals surface area (Å²) in [5.74, 6) is 1.03. The van der Waals surface area contributed by atoms with Gasteiger partial charge in [-0.25, -0.2) is 4.79 Å². The lowest BCUT2D eigenvalue weighted by Gasteiger charge is -2.20. The first-order valence-electron chi connectivity index (χ1n) is 9.02. The lowest BCUT2D eigenvalue weighted by atomic mass is 9.99. The van der Waals surface area contributed by atoms with Crippen LogP contribution in [0.5, 0.6) is 11.5 Å². The first-order chi connectivity index (χ1) is 12.9. The highest BCUT2D eigenvalue weighted by Gasteiger charge is 2.17. The van der Waals surface area contributed by atoms with Crippen molar-refractivity contribution in [3.63, 3.8) is 0 Å². The second kappa shape index (κ2) is 7.84. The SMILES string of the molecule is CCc1cc2c(C)cc(=O)oc2c(CN(C)Cc2ccc(OC)cc2)c1O. The van der Waals surface area contributed by atoms with Gasteiger partial charge in [0.15, 0.2) is 0 Å². The molecule has 3 rings (SSSR count). The van der Waals surface area contributed by atoms with Crippen molar-refractivity contribution in [3.05, 3.63) is 69.1 Å². The van der Waals surface area contributed by atoms with Crippen LogP contribution in [-0.2, 0) is 19.5 Å². The van der Waals surface area contributed by atoms with Crippen LogP contribution in [0.2, 0.25) is 0 Å². The zero-order chi connectivity index (χ0) is 19.6. The smallest absolute Gasteiger partial charge is 0.336 e. The number of ether oxygens (including phenoxy) is 1. The van der Waals surface area contributed by atoms with Crippen LogP contribution in [0.1, 0.15) is 29.2 Å². The van der Waals surface area contributed by atoms with Crippen molar-refractivity contribution in [2.45, 2.75) is 33.4 Å². The summed E-state index contributed by atoms with van der Waals surface area (Å²) in [6.45, 7) is 5.05. The van der Waals surface area contributed by atoms with Gasteiger partial charge in [-0.3, -0.25) is 4.90 Å². The Hall–Kier alpha value is -2.79. The van der Waals surface area contributed by atoms with Crippen LogP contribution in [0.15, 0.2) is 45.6 Å². The van der Waals surface area contributed by atoms with E-state index in [1.165, 1.54) is 6.07 Å². The number of phenolic OH excluding ortho intramolecular Hbond substituents is 1. The predicted molar refractivity (Wildman–Crippen MR) is 106 cm³/mol. The molecule has 0 atom stereocenters. The maximum atomic E-state index is 11.9. The summed E-state index contributed by atoms with van der Waals surface area (Å²) in [6, 6.07) is 11.3. The van der Waals surface area contributed by atoms with Gasteiger partial charge in [0, 0.05) is 24.5 Å². The van der Waals surface area contributed by atoms with Crippen LogP contribution < -0.4 is 10.4 Å². The second-order valence-electron chi connectivity index (χ2n) is 6.86. The fraction of sp³-hybridized carbons (Fsp3) is 0.318. The van der Waals surface area contributed by atoms with Crippen LogP contribution in [0.4, 0.5) is 0 Å². The molecule has 0 saturated carbocycles. The number of aromatic hydroxyl groups is 1. The number of nitrogens with zero attached hydrogens (tertiary/aromatic N) is 1. The number of fused-ring (bicyclic) bond motifs is 1. The Balaban J connectivity index is 1.96. The predicted octanol–water partition coefficient (Wildman–Crippen LogP) is 4.01. The number of benzene rings is 2. The van der Waals surface area contributed by atoms with Gasteiger partial charge in [0.2, 0.25) is 0 Å². The highest BCUT2D eigenvalue weighted by Crippen LogP contribution is 2.33. The van der Waals surface area contributed by atoms with Crippen molar-refractivity contribution < 1.29 is 14.3 Å². The molecule has 0 aliphatic rings. The van der Waals surface area contributed by atoms with E-state index in [-0.39, 0.29) is 5.75 Å². The fourth-order valence-corrected chi connectivity index (χ4v) is 3.35. The number of aryl methyl sites for hydroxylation is 2. The molecular formula is C22H25NO4. The van der Waals surface area contributed by atoms with Crippen LogP contribution in [-0.4, -0.2) is 24.2 Å². The molecule has 0 unspecified atom stereocenters. The Labute approximate surface area is 158 Å². The van der Waals surface area contributed by atoms with E-state index in [2.05, 4.69) is 4.90 Å². The third-order valence-electron chi connectivity index (χ3n) is 4.81. The maximum absolute atomic E-state index is 11.9. The summed E-state index contributed by atoms with van der Waals surface area (Å²) in [4.78, 5) is 14.0. The first-order valence-corrected chi connectivity index (χ1v) is 9.02. The Bertz CT molecular complexity index is 1010. The molecule has 3 aromatic rings. The molecule has 142 valence electrons. The number of hydrogen-bond acceptors (Lipinski definition) is 5. The molecule has 0 amide bonds. The first kappa shape index (κ1) is 19.0. The Morgan fingerprint density at radius 1 is 1.15 bits per heavy atom. The largest absolute Gasteiger partial charge is 0.507 e. The summed E-state index contributed by atoms with van der Waals surface area (Å²) in [7, 11) is 3.62. The number of methoxy groups -OCH3 is 1. The number of rotatable bonds is 6. The van der Waals surface area contributed by atoms with Crippen LogP contribution >= 0.6 is 0 Å². The molecule has 27 heavy (non-hydrogen) atoms. The molecule has 2 aromatic carbocycles. The van der Waals surface area contributed by atoms with Gasteiger partial charge in [0.1, 0.15) is 17.1 Å². The van der Waals surface area contributed by atoms with Crippen molar-refractivity contribution in [1.29, 1.82) is 0 Å². The van der Waals surface area contributed by atoms with Crippen molar-refractivity contribution in [1.82, 2.24) is 4.90 Å². The Morgan fingerprint density at radius 2 is 1.85 bits per heavy atom. The summed E-state index contributed by atoms with van der Waals surface area (Å²) < 4.78 is 10.7. The van der Waals surface area contributed by atoms with Gasteiger partial charge in [-0.15, -0.1) is 0 Å². The molecule has 1 aromatic heterocycles. The minimum absolute atomic E-state index is 0.209. The van der Waals surface area contributed by atoms with Crippen LogP contribution in [0.25, 0.3) is 11.0 Å². The highest BCUT2D eigenvalue weighted by atomic mass is 16.5. The van der Waals surface area contributed by atoms with E-state index in [4.69, 9.17) is 9.15 Å². The summed E-state index contributed by atoms with van der Waals surface area (Å²) >= 11 is 0. The van der Waals surface area contributed by atoms with Crippen molar-refractivity contribution in [2.24, 2.45) is 0 Å². The van der Waals surface area contributed by atoms with Crippen LogP contribution in [0, 0.1) is 6.92 Å². The van der Waals surface area contributed by atoms with Gasteiger partial charge in [-0.05, 0) is 55.3 Å². The molecule has 5 heteroatoms. The molecule has 1 heterocycles. The van der Waals surface area contributed by atoms with Gasteiger partial charge >= 0.3 is 5.63 Å². The average molecular weight is 367 g/mol. The van der Waals surface area contributed by atoms with E-state index >= 15 is 0 Å². The average Bonchev–Trinajstić information content (AvgIpc) is 2.64. The van der Waals surface area contributed by atoms with Gasteiger partial charge in [-0.1, -0.05) is 19.1 Å². The minimum atomic E-state index is -0.400. The molecule has 0 fully saturated rings. The number of hydrogen-bond donors (Lipinski definition) is 1. The Kier molecular flexibility index (Phi) is 5.51. The third-order valence-corrected chi connectivity index (χ3v) is 4.81. The zero-order valence-electron chi connectivity index (χ0n) is 16.2. The molecule has 0 radical (unpaired) electrons. The summed E-state index contributed by atoms with van der Waals surface area (Å²) in [5, 5.41) is 11.6. The van der Waals surface area contributed by atoms with E-state index in [1.54, 1.807) is 7.11 Å². The molecule has 0 saturated heterocycles. The molecule has 0 bridgehead atoms. The van der Waals surface area contributed by atoms with Crippen molar-refractivity contribution in [2.75, 3.05) is 14.2 Å². The van der Waals surface area contributed by atoms with Crippen molar-refractivity contribution in [3.8, 4) is 11.5 Å². The standard InChI is InChI=1S/C22H25NO4/c1-5-16-11-18-14(2)10-20(24)27-22(18)19(21(16)25)13-23(3)12-15-6-8-17(26-4)9-7-15/h6-11,25H,5,12-13H2,1-4H3. The molecule has 0 aliphatic carbocycles. The topological polar surface area (TPSA) is 62.9 Å². The van der Waals surface area contributed by atoms with E-state index in [0.717, 1.165) is 27.8 Å². The quantitative estimate of drug-likeness (QED) is 0.667. The molecular weight excluding hydrogens is 342 g/mol. The molecule has 5 nitrogen and oxygen atoms in total. The van der Waals surface area contributed by atoms with Gasteiger partial charge in [0.25, 0.3) is 0 Å². The summed E-state index contributed by atoms with van der Waals surface area (Å²) in [5.41, 5.74) is 3.56. The molecule has 0 spiro atoms. The second-order valence-corrected chi connectivity index (χ2v) is 6.86. The Morgan fingerprint density at radius 3 is 2.48 bits per heavy atom. The van der Waals surface area contributed by atoms with Gasteiger partial charge < -0.3 is 14.3 Å². The maximum Gasteiger partial charge on any atom is 0.336 e. The van der Waals surface area contributed by atoms with Gasteiger partial charge in [-0.2, -0.15) is 0 Å². The van der Waals surface area contributed by atoms with E-state index in [1.807, 2.05) is 51.2 Å². The number of phenols is 1. The minimum Gasteiger partial charge on any atom is -0.507 e. The highest BCUT2D eigenvalue weighted by molar-refractivity contribution is 5.86. The molecule has 0 aliphatic heterocycles. The van der Waals surface area contributed by atoms with Gasteiger partial charge in [0.05, 0.1) is 12.7 Å². The monoisotopic (exact) mass is 367 g/mol. The van der Waals surface area contributed by atoms with E-state index in [0.29, 0.717) is 30.7 Å². The zero-order valence-corrected chi connectivity index (χ0v) is 16.2. The van der Waals surface area contributed by atoms with E-state index < -0.39 is 5.63 Å². The normalized spacial score (nSPS) is 11.3. The van der Waals surface area contributed by atoms with Crippen LogP contribution in [0.3, 0.4) is 0 Å². The van der Waals surface area contributed by atoms with Crippen molar-refractivity contribution >= 4 is 11.0 Å². The summed E-state index contributed by atoms with van der Waals surface area (Å²) in [6.07, 6.45) is 0.704. The lowest BCUT2D eigenvalue weighted by Crippen LogP contribution is -2.18. The molecule has 1 N–H and O–H groups in total. The lowest BCUT2D eigenvalue weighted by molar-refractivity contribution is 0.311. The third kappa shape index (κ3) is 3.98. The van der Waals surface area contributed by atoms with E-state index in [9.17, 15) is 9.90 Å². The fourth-order valence-electron chi connectivity index (χ4n) is 3.35.